The van der Waals surface area contributed by atoms with Crippen LogP contribution >= 0.6 is 39.1 Å². The lowest BCUT2D eigenvalue weighted by atomic mass is 9.95. The van der Waals surface area contributed by atoms with Gasteiger partial charge in [-0.25, -0.2) is 0 Å². The zero-order valence-corrected chi connectivity index (χ0v) is 20.0. The molecule has 0 aliphatic rings. The number of rotatable bonds is 8. The molecule has 31 heavy (non-hydrogen) atoms. The van der Waals surface area contributed by atoms with E-state index < -0.39 is 0 Å². The van der Waals surface area contributed by atoms with Crippen LogP contribution in [0.3, 0.4) is 0 Å². The van der Waals surface area contributed by atoms with Gasteiger partial charge in [0.2, 0.25) is 0 Å². The lowest BCUT2D eigenvalue weighted by Gasteiger charge is -2.20. The van der Waals surface area contributed by atoms with Gasteiger partial charge in [0.15, 0.2) is 0 Å². The summed E-state index contributed by atoms with van der Waals surface area (Å²) >= 11 is 15.6. The number of benzene rings is 3. The topological polar surface area (TPSA) is 64.6 Å². The summed E-state index contributed by atoms with van der Waals surface area (Å²) in [7, 11) is 3.06. The molecule has 3 aromatic rings. The Balaban J connectivity index is 1.97. The Labute approximate surface area is 198 Å². The molecule has 0 unspecified atom stereocenters. The molecule has 1 N–H and O–H groups in total. The Kier molecular flexibility index (Phi) is 7.81. The van der Waals surface area contributed by atoms with E-state index in [0.717, 1.165) is 17.2 Å². The molecule has 3 aromatic carbocycles. The van der Waals surface area contributed by atoms with E-state index in [-0.39, 0.29) is 24.8 Å². The molecule has 1 atom stereocenters. The number of aldehydes is 1. The summed E-state index contributed by atoms with van der Waals surface area (Å²) in [6.07, 6.45) is 1.04. The highest BCUT2D eigenvalue weighted by atomic mass is 79.9. The number of hydrogen-bond acceptors (Lipinski definition) is 4. The SMILES string of the molecule is COc1c(Br)c(OC)c2ccccc2c1C(=O)NC[C@@H](CC=O)c1ccc(Cl)c(Cl)c1. The van der Waals surface area contributed by atoms with Crippen molar-refractivity contribution in [3.05, 3.63) is 68.1 Å². The molecular weight excluding hydrogens is 505 g/mol. The van der Waals surface area contributed by atoms with Crippen LogP contribution in [-0.4, -0.2) is 33.0 Å². The summed E-state index contributed by atoms with van der Waals surface area (Å²) in [6.45, 7) is 0.233. The number of halogens is 3. The quantitative estimate of drug-likeness (QED) is 0.365. The molecule has 0 bridgehead atoms. The normalized spacial score (nSPS) is 11.8. The number of ether oxygens (including phenoxy) is 2. The first-order valence-electron chi connectivity index (χ1n) is 9.41. The lowest BCUT2D eigenvalue weighted by molar-refractivity contribution is -0.108. The van der Waals surface area contributed by atoms with Gasteiger partial charge in [-0.05, 0) is 33.6 Å². The number of nitrogens with one attached hydrogen (secondary N) is 1. The highest BCUT2D eigenvalue weighted by molar-refractivity contribution is 9.10. The Bertz CT molecular complexity index is 1140. The van der Waals surface area contributed by atoms with Gasteiger partial charge in [-0.2, -0.15) is 0 Å². The second kappa shape index (κ2) is 10.4. The molecule has 8 heteroatoms. The first-order valence-corrected chi connectivity index (χ1v) is 11.0. The summed E-state index contributed by atoms with van der Waals surface area (Å²) in [5.74, 6) is 0.371. The van der Waals surface area contributed by atoms with E-state index in [1.165, 1.54) is 7.11 Å². The van der Waals surface area contributed by atoms with Gasteiger partial charge in [-0.15, -0.1) is 0 Å². The van der Waals surface area contributed by atoms with E-state index >= 15 is 0 Å². The standard InChI is InChI=1S/C23H20BrCl2NO4/c1-30-21-16-6-4-3-5-15(16)19(22(31-2)20(21)24)23(29)27-12-14(9-10-28)13-7-8-17(25)18(26)11-13/h3-8,10-11,14H,9,12H2,1-2H3,(H,27,29)/t14-/m1/s1. The third-order valence-electron chi connectivity index (χ3n) is 5.01. The average molecular weight is 525 g/mol. The van der Waals surface area contributed by atoms with E-state index in [4.69, 9.17) is 32.7 Å². The predicted molar refractivity (Wildman–Crippen MR) is 127 cm³/mol. The maximum Gasteiger partial charge on any atom is 0.255 e. The van der Waals surface area contributed by atoms with Crippen molar-refractivity contribution >= 4 is 62.1 Å². The minimum atomic E-state index is -0.327. The largest absolute Gasteiger partial charge is 0.495 e. The van der Waals surface area contributed by atoms with Gasteiger partial charge in [0.1, 0.15) is 22.3 Å². The van der Waals surface area contributed by atoms with Crippen molar-refractivity contribution in [1.29, 1.82) is 0 Å². The minimum Gasteiger partial charge on any atom is -0.495 e. The fourth-order valence-corrected chi connectivity index (χ4v) is 4.54. The molecule has 0 saturated heterocycles. The van der Waals surface area contributed by atoms with Crippen LogP contribution in [0, 0.1) is 0 Å². The van der Waals surface area contributed by atoms with Crippen molar-refractivity contribution < 1.29 is 19.1 Å². The van der Waals surface area contributed by atoms with Crippen molar-refractivity contribution in [1.82, 2.24) is 5.32 Å². The molecule has 3 rings (SSSR count). The first-order chi connectivity index (χ1) is 14.9. The summed E-state index contributed by atoms with van der Waals surface area (Å²) in [5.41, 5.74) is 1.19. The average Bonchev–Trinajstić information content (AvgIpc) is 2.77. The second-order valence-corrected chi connectivity index (χ2v) is 8.39. The minimum absolute atomic E-state index is 0.225. The Morgan fingerprint density at radius 1 is 1.06 bits per heavy atom. The van der Waals surface area contributed by atoms with Crippen LogP contribution in [-0.2, 0) is 4.79 Å². The molecule has 0 radical (unpaired) electrons. The zero-order valence-electron chi connectivity index (χ0n) is 16.9. The molecule has 0 spiro atoms. The molecule has 5 nitrogen and oxygen atoms in total. The van der Waals surface area contributed by atoms with E-state index in [0.29, 0.717) is 37.0 Å². The number of amides is 1. The zero-order chi connectivity index (χ0) is 22.5. The number of carbonyl (C=O) groups excluding carboxylic acids is 2. The maximum atomic E-state index is 13.3. The fraction of sp³-hybridized carbons (Fsp3) is 0.217. The van der Waals surface area contributed by atoms with E-state index in [1.54, 1.807) is 25.3 Å². The van der Waals surface area contributed by atoms with E-state index in [2.05, 4.69) is 21.2 Å². The van der Waals surface area contributed by atoms with Gasteiger partial charge in [-0.3, -0.25) is 4.79 Å². The third-order valence-corrected chi connectivity index (χ3v) is 6.47. The van der Waals surface area contributed by atoms with Gasteiger partial charge in [0.05, 0.1) is 29.8 Å². The van der Waals surface area contributed by atoms with Gasteiger partial charge in [0.25, 0.3) is 5.91 Å². The van der Waals surface area contributed by atoms with E-state index in [1.807, 2.05) is 24.3 Å². The molecule has 162 valence electrons. The van der Waals surface area contributed by atoms with Gasteiger partial charge in [0, 0.05) is 29.7 Å². The van der Waals surface area contributed by atoms with Gasteiger partial charge < -0.3 is 19.6 Å². The molecule has 0 heterocycles. The second-order valence-electron chi connectivity index (χ2n) is 6.78. The molecule has 0 aliphatic heterocycles. The third kappa shape index (κ3) is 4.81. The fourth-order valence-electron chi connectivity index (χ4n) is 3.49. The maximum absolute atomic E-state index is 13.3. The lowest BCUT2D eigenvalue weighted by Crippen LogP contribution is -2.29. The molecule has 1 amide bonds. The first kappa shape index (κ1) is 23.4. The summed E-state index contributed by atoms with van der Waals surface area (Å²) < 4.78 is 11.6. The molecule has 0 fully saturated rings. The molecule has 0 aliphatic carbocycles. The van der Waals surface area contributed by atoms with Gasteiger partial charge >= 0.3 is 0 Å². The summed E-state index contributed by atoms with van der Waals surface area (Å²) in [5, 5.41) is 5.23. The Morgan fingerprint density at radius 2 is 1.74 bits per heavy atom. The van der Waals surface area contributed by atoms with Crippen molar-refractivity contribution in [3.8, 4) is 11.5 Å². The molecule has 0 saturated carbocycles. The van der Waals surface area contributed by atoms with Crippen molar-refractivity contribution in [2.75, 3.05) is 20.8 Å². The molecular formula is C23H20BrCl2NO4. The monoisotopic (exact) mass is 523 g/mol. The number of methoxy groups -OCH3 is 2. The smallest absolute Gasteiger partial charge is 0.255 e. The number of fused-ring (bicyclic) bond motifs is 1. The van der Waals surface area contributed by atoms with Crippen LogP contribution < -0.4 is 14.8 Å². The van der Waals surface area contributed by atoms with Crippen molar-refractivity contribution in [3.63, 3.8) is 0 Å². The van der Waals surface area contributed by atoms with Crippen molar-refractivity contribution in [2.45, 2.75) is 12.3 Å². The van der Waals surface area contributed by atoms with Crippen LogP contribution in [0.1, 0.15) is 28.3 Å². The Morgan fingerprint density at radius 3 is 2.35 bits per heavy atom. The van der Waals surface area contributed by atoms with Crippen LogP contribution in [0.2, 0.25) is 10.0 Å². The van der Waals surface area contributed by atoms with Gasteiger partial charge in [-0.1, -0.05) is 53.5 Å². The highest BCUT2D eigenvalue weighted by Gasteiger charge is 2.24. The van der Waals surface area contributed by atoms with Crippen LogP contribution in [0.25, 0.3) is 10.8 Å². The highest BCUT2D eigenvalue weighted by Crippen LogP contribution is 2.44. The summed E-state index contributed by atoms with van der Waals surface area (Å²) in [4.78, 5) is 24.5. The number of carbonyl (C=O) groups is 2. The van der Waals surface area contributed by atoms with E-state index in [9.17, 15) is 9.59 Å². The number of hydrogen-bond donors (Lipinski definition) is 1. The predicted octanol–water partition coefficient (Wildman–Crippen LogP) is 6.03. The van der Waals surface area contributed by atoms with Crippen LogP contribution in [0.4, 0.5) is 0 Å². The molecule has 0 aromatic heterocycles. The van der Waals surface area contributed by atoms with Crippen molar-refractivity contribution in [2.24, 2.45) is 0 Å². The summed E-state index contributed by atoms with van der Waals surface area (Å²) in [6, 6.07) is 12.6. The Hall–Kier alpha value is -2.28. The van der Waals surface area contributed by atoms with Crippen LogP contribution in [0.5, 0.6) is 11.5 Å². The van der Waals surface area contributed by atoms with Crippen LogP contribution in [0.15, 0.2) is 46.9 Å².